The van der Waals surface area contributed by atoms with Crippen molar-refractivity contribution >= 4 is 21.8 Å². The number of hydrogen-bond acceptors (Lipinski definition) is 3. The van der Waals surface area contributed by atoms with Crippen molar-refractivity contribution in [1.29, 1.82) is 0 Å². The van der Waals surface area contributed by atoms with Crippen molar-refractivity contribution in [3.63, 3.8) is 0 Å². The highest BCUT2D eigenvalue weighted by atomic mass is 32.2. The van der Waals surface area contributed by atoms with Crippen LogP contribution in [0.5, 0.6) is 5.75 Å². The molecule has 0 atom stereocenters. The fourth-order valence-electron chi connectivity index (χ4n) is 2.91. The second-order valence-electron chi connectivity index (χ2n) is 6.77. The molecule has 0 aliphatic rings. The van der Waals surface area contributed by atoms with E-state index in [1.165, 1.54) is 12.1 Å². The van der Waals surface area contributed by atoms with E-state index in [-0.39, 0.29) is 16.6 Å². The number of hydrogen-bond donors (Lipinski definition) is 0. The van der Waals surface area contributed by atoms with Crippen molar-refractivity contribution in [1.82, 2.24) is 0 Å². The first-order valence-corrected chi connectivity index (χ1v) is 11.4. The van der Waals surface area contributed by atoms with Gasteiger partial charge in [0.05, 0.1) is 4.90 Å². The molecule has 5 nitrogen and oxygen atoms in total. The Morgan fingerprint density at radius 2 is 1.06 bits per heavy atom. The Morgan fingerprint density at radius 3 is 1.62 bits per heavy atom. The monoisotopic (exact) mass is 440 g/mol. The quantitative estimate of drug-likeness (QED) is 0.310. The lowest BCUT2D eigenvalue weighted by Crippen LogP contribution is -2.15. The van der Waals surface area contributed by atoms with Crippen LogP contribution in [-0.2, 0) is 10.0 Å². The van der Waals surface area contributed by atoms with E-state index in [2.05, 4.69) is 9.39 Å². The Morgan fingerprint density at radius 1 is 0.594 bits per heavy atom. The maximum atomic E-state index is 13.0. The van der Waals surface area contributed by atoms with Gasteiger partial charge in [0.15, 0.2) is 5.84 Å². The molecule has 0 fully saturated rings. The zero-order valence-electron chi connectivity index (χ0n) is 17.1. The summed E-state index contributed by atoms with van der Waals surface area (Å²) in [4.78, 5) is 4.68. The predicted molar refractivity (Wildman–Crippen MR) is 127 cm³/mol. The number of rotatable bonds is 5. The van der Waals surface area contributed by atoms with Crippen LogP contribution in [0.4, 0.5) is 0 Å². The molecule has 0 unspecified atom stereocenters. The molecule has 0 N–H and O–H groups in total. The van der Waals surface area contributed by atoms with E-state index in [1.54, 1.807) is 54.6 Å². The highest BCUT2D eigenvalue weighted by molar-refractivity contribution is 7.90. The van der Waals surface area contributed by atoms with Gasteiger partial charge >= 0.3 is 0 Å². The minimum atomic E-state index is -3.98. The summed E-state index contributed by atoms with van der Waals surface area (Å²) in [6.45, 7) is 0. The lowest BCUT2D eigenvalue weighted by molar-refractivity contribution is 0.553. The summed E-state index contributed by atoms with van der Waals surface area (Å²) in [5.74, 6) is 0.848. The van der Waals surface area contributed by atoms with Crippen LogP contribution < -0.4 is 4.74 Å². The largest absolute Gasteiger partial charge is 0.438 e. The summed E-state index contributed by atoms with van der Waals surface area (Å²) in [6, 6.07) is 35.5. The molecule has 158 valence electrons. The molecule has 0 aliphatic heterocycles. The molecule has 0 aliphatic carbocycles. The predicted octanol–water partition coefficient (Wildman–Crippen LogP) is 5.35. The van der Waals surface area contributed by atoms with Crippen LogP contribution in [0.1, 0.15) is 11.1 Å². The van der Waals surface area contributed by atoms with Crippen LogP contribution in [-0.4, -0.2) is 20.2 Å². The fraction of sp³-hybridized carbons (Fsp3) is 0. The SMILES string of the molecule is O=S(=O)(/N=C(\N=C(Oc1ccccc1)c1ccccc1)c1ccccc1)c1ccccc1. The zero-order chi connectivity index (χ0) is 22.2. The molecular weight excluding hydrogens is 420 g/mol. The summed E-state index contributed by atoms with van der Waals surface area (Å²) in [5, 5.41) is 0. The van der Waals surface area contributed by atoms with Gasteiger partial charge in [-0.3, -0.25) is 0 Å². The summed E-state index contributed by atoms with van der Waals surface area (Å²) >= 11 is 0. The molecule has 0 aromatic heterocycles. The summed E-state index contributed by atoms with van der Waals surface area (Å²) < 4.78 is 36.1. The van der Waals surface area contributed by atoms with Crippen LogP contribution in [0.25, 0.3) is 0 Å². The summed E-state index contributed by atoms with van der Waals surface area (Å²) in [6.07, 6.45) is 0. The number of para-hydroxylation sites is 1. The minimum Gasteiger partial charge on any atom is -0.438 e. The van der Waals surface area contributed by atoms with E-state index in [0.29, 0.717) is 16.9 Å². The number of nitrogens with zero attached hydrogens (tertiary/aromatic N) is 2. The van der Waals surface area contributed by atoms with Crippen molar-refractivity contribution in [3.8, 4) is 5.75 Å². The topological polar surface area (TPSA) is 68.1 Å². The highest BCUT2D eigenvalue weighted by Gasteiger charge is 2.17. The van der Waals surface area contributed by atoms with E-state index >= 15 is 0 Å². The Kier molecular flexibility index (Phi) is 6.53. The molecule has 0 saturated heterocycles. The van der Waals surface area contributed by atoms with Gasteiger partial charge in [0.1, 0.15) is 5.75 Å². The average molecular weight is 441 g/mol. The lowest BCUT2D eigenvalue weighted by Gasteiger charge is -2.11. The zero-order valence-corrected chi connectivity index (χ0v) is 17.9. The smallest absolute Gasteiger partial charge is 0.284 e. The Hall–Kier alpha value is -4.03. The van der Waals surface area contributed by atoms with E-state index < -0.39 is 10.0 Å². The van der Waals surface area contributed by atoms with Gasteiger partial charge in [-0.05, 0) is 36.4 Å². The molecule has 32 heavy (non-hydrogen) atoms. The first kappa shape index (κ1) is 21.2. The van der Waals surface area contributed by atoms with Crippen LogP contribution in [0.3, 0.4) is 0 Å². The second kappa shape index (κ2) is 9.85. The third kappa shape index (κ3) is 5.36. The van der Waals surface area contributed by atoms with Gasteiger partial charge < -0.3 is 4.74 Å². The van der Waals surface area contributed by atoms with E-state index in [9.17, 15) is 8.42 Å². The molecule has 4 rings (SSSR count). The molecule has 0 saturated carbocycles. The Balaban J connectivity index is 1.86. The van der Waals surface area contributed by atoms with Crippen molar-refractivity contribution in [2.75, 3.05) is 0 Å². The van der Waals surface area contributed by atoms with Gasteiger partial charge in [0.25, 0.3) is 10.0 Å². The van der Waals surface area contributed by atoms with Crippen molar-refractivity contribution in [2.24, 2.45) is 9.39 Å². The summed E-state index contributed by atoms with van der Waals surface area (Å²) in [5.41, 5.74) is 1.24. The average Bonchev–Trinajstić information content (AvgIpc) is 2.85. The standard InChI is InChI=1S/C26H20N2O3S/c29-32(30,24-19-11-4-12-20-24)28-25(21-13-5-1-6-14-21)27-26(22-15-7-2-8-16-22)31-23-17-9-3-10-18-23/h1-20H/b27-26?,28-25-. The van der Waals surface area contributed by atoms with Gasteiger partial charge in [-0.25, -0.2) is 0 Å². The van der Waals surface area contributed by atoms with Gasteiger partial charge in [0, 0.05) is 11.1 Å². The minimum absolute atomic E-state index is 0.0317. The third-order valence-corrected chi connectivity index (χ3v) is 5.75. The van der Waals surface area contributed by atoms with E-state index in [0.717, 1.165) is 0 Å². The normalized spacial score (nSPS) is 12.4. The van der Waals surface area contributed by atoms with Crippen LogP contribution in [0.15, 0.2) is 136 Å². The van der Waals surface area contributed by atoms with Crippen LogP contribution >= 0.6 is 0 Å². The van der Waals surface area contributed by atoms with E-state index in [1.807, 2.05) is 54.6 Å². The third-order valence-electron chi connectivity index (χ3n) is 4.47. The molecule has 4 aromatic carbocycles. The fourth-order valence-corrected chi connectivity index (χ4v) is 3.89. The number of benzene rings is 4. The molecule has 0 spiro atoms. The second-order valence-corrected chi connectivity index (χ2v) is 8.37. The first-order valence-electron chi connectivity index (χ1n) is 9.94. The van der Waals surface area contributed by atoms with Crippen molar-refractivity contribution < 1.29 is 13.2 Å². The van der Waals surface area contributed by atoms with Gasteiger partial charge in [-0.1, -0.05) is 84.9 Å². The number of aliphatic imine (C=N–C) groups is 1. The molecule has 4 aromatic rings. The number of ether oxygens (including phenoxy) is 1. The Bertz CT molecular complexity index is 1320. The number of amidine groups is 1. The van der Waals surface area contributed by atoms with Crippen LogP contribution in [0, 0.1) is 0 Å². The van der Waals surface area contributed by atoms with E-state index in [4.69, 9.17) is 4.74 Å². The molecule has 0 radical (unpaired) electrons. The molecule has 0 heterocycles. The highest BCUT2D eigenvalue weighted by Crippen LogP contribution is 2.17. The molecule has 6 heteroatoms. The van der Waals surface area contributed by atoms with Crippen molar-refractivity contribution in [3.05, 3.63) is 132 Å². The summed E-state index contributed by atoms with van der Waals surface area (Å²) in [7, 11) is -3.98. The molecular formula is C26H20N2O3S. The van der Waals surface area contributed by atoms with Gasteiger partial charge in [-0.15, -0.1) is 4.40 Å². The first-order chi connectivity index (χ1) is 15.6. The maximum Gasteiger partial charge on any atom is 0.284 e. The molecule has 0 bridgehead atoms. The maximum absolute atomic E-state index is 13.0. The van der Waals surface area contributed by atoms with Gasteiger partial charge in [-0.2, -0.15) is 13.4 Å². The number of sulfonamides is 1. The Labute approximate surface area is 187 Å². The van der Waals surface area contributed by atoms with Crippen molar-refractivity contribution in [2.45, 2.75) is 4.90 Å². The molecule has 0 amide bonds. The van der Waals surface area contributed by atoms with Crippen LogP contribution in [0.2, 0.25) is 0 Å². The van der Waals surface area contributed by atoms with Gasteiger partial charge in [0.2, 0.25) is 5.90 Å². The lowest BCUT2D eigenvalue weighted by atomic mass is 10.2.